The lowest BCUT2D eigenvalue weighted by Gasteiger charge is -2.55. The standard InChI is InChI=1S/C15H20N2O3S2/c18-14(16-17-22(19,20)13-2-1-3-21-13)15-7-10-4-11(8-15)6-12(5-10)9-15/h1-3,10-12,17H,4-9H2,(H,16,18). The minimum Gasteiger partial charge on any atom is -0.277 e. The molecule has 5 rings (SSSR count). The van der Waals surface area contributed by atoms with E-state index >= 15 is 0 Å². The number of amides is 1. The van der Waals surface area contributed by atoms with Crippen molar-refractivity contribution in [3.8, 4) is 0 Å². The van der Waals surface area contributed by atoms with Crippen LogP contribution in [0, 0.1) is 23.2 Å². The van der Waals surface area contributed by atoms with Crippen molar-refractivity contribution in [2.45, 2.75) is 42.7 Å². The van der Waals surface area contributed by atoms with Crippen LogP contribution in [0.2, 0.25) is 0 Å². The SMILES string of the molecule is O=C(NNS(=O)(=O)c1cccs1)C12CC3CC(CC(C3)C1)C2. The van der Waals surface area contributed by atoms with Crippen LogP contribution in [-0.4, -0.2) is 14.3 Å². The monoisotopic (exact) mass is 340 g/mol. The van der Waals surface area contributed by atoms with Crippen molar-refractivity contribution < 1.29 is 13.2 Å². The first kappa shape index (κ1) is 14.7. The van der Waals surface area contributed by atoms with Gasteiger partial charge in [-0.2, -0.15) is 0 Å². The molecule has 0 unspecified atom stereocenters. The van der Waals surface area contributed by atoms with Crippen molar-refractivity contribution in [2.75, 3.05) is 0 Å². The second-order valence-electron chi connectivity index (χ2n) is 7.19. The molecule has 0 aliphatic heterocycles. The smallest absolute Gasteiger partial charge is 0.266 e. The highest BCUT2D eigenvalue weighted by molar-refractivity contribution is 7.91. The Bertz CT molecular complexity index is 646. The first-order chi connectivity index (χ1) is 10.5. The van der Waals surface area contributed by atoms with Gasteiger partial charge in [-0.15, -0.1) is 16.2 Å². The average molecular weight is 340 g/mol. The van der Waals surface area contributed by atoms with Gasteiger partial charge in [-0.05, 0) is 67.7 Å². The fourth-order valence-corrected chi connectivity index (χ4v) is 6.93. The predicted molar refractivity (Wildman–Crippen MR) is 83.4 cm³/mol. The summed E-state index contributed by atoms with van der Waals surface area (Å²) in [4.78, 5) is 14.9. The molecule has 0 saturated heterocycles. The minimum atomic E-state index is -3.65. The van der Waals surface area contributed by atoms with E-state index in [4.69, 9.17) is 0 Å². The average Bonchev–Trinajstić information content (AvgIpc) is 2.98. The third-order valence-corrected chi connectivity index (χ3v) is 8.22. The van der Waals surface area contributed by atoms with Crippen LogP contribution in [-0.2, 0) is 14.8 Å². The number of rotatable bonds is 4. The van der Waals surface area contributed by atoms with Crippen molar-refractivity contribution >= 4 is 27.3 Å². The van der Waals surface area contributed by atoms with Gasteiger partial charge in [0.1, 0.15) is 4.21 Å². The molecule has 0 spiro atoms. The van der Waals surface area contributed by atoms with Gasteiger partial charge in [0.25, 0.3) is 10.0 Å². The van der Waals surface area contributed by atoms with Crippen molar-refractivity contribution in [1.82, 2.24) is 10.3 Å². The Hall–Kier alpha value is -0.920. The van der Waals surface area contributed by atoms with Gasteiger partial charge >= 0.3 is 0 Å². The van der Waals surface area contributed by atoms with Gasteiger partial charge in [-0.1, -0.05) is 6.07 Å². The number of nitrogens with one attached hydrogen (secondary N) is 2. The molecular weight excluding hydrogens is 320 g/mol. The van der Waals surface area contributed by atoms with Crippen LogP contribution in [0.5, 0.6) is 0 Å². The topological polar surface area (TPSA) is 75.3 Å². The molecule has 7 heteroatoms. The molecule has 4 aliphatic rings. The summed E-state index contributed by atoms with van der Waals surface area (Å²) in [6.45, 7) is 0. The zero-order chi connectivity index (χ0) is 15.4. The fraction of sp³-hybridized carbons (Fsp3) is 0.667. The van der Waals surface area contributed by atoms with Gasteiger partial charge in [-0.3, -0.25) is 10.2 Å². The number of carbonyl (C=O) groups excluding carboxylic acids is 1. The maximum absolute atomic E-state index is 12.7. The van der Waals surface area contributed by atoms with Crippen molar-refractivity contribution in [3.63, 3.8) is 0 Å². The van der Waals surface area contributed by atoms with Gasteiger partial charge in [0, 0.05) is 0 Å². The maximum atomic E-state index is 12.7. The zero-order valence-corrected chi connectivity index (χ0v) is 13.9. The van der Waals surface area contributed by atoms with E-state index in [0.29, 0.717) is 17.8 Å². The van der Waals surface area contributed by atoms with Crippen LogP contribution in [0.4, 0.5) is 0 Å². The van der Waals surface area contributed by atoms with Crippen LogP contribution < -0.4 is 10.3 Å². The lowest BCUT2D eigenvalue weighted by Crippen LogP contribution is -2.56. The Morgan fingerprint density at radius 3 is 2.23 bits per heavy atom. The summed E-state index contributed by atoms with van der Waals surface area (Å²) in [5.74, 6) is 1.84. The van der Waals surface area contributed by atoms with Gasteiger partial charge in [0.15, 0.2) is 0 Å². The lowest BCUT2D eigenvalue weighted by molar-refractivity contribution is -0.146. The van der Waals surface area contributed by atoms with Crippen LogP contribution in [0.1, 0.15) is 38.5 Å². The number of hydrogen-bond acceptors (Lipinski definition) is 4. The molecule has 0 atom stereocenters. The van der Waals surface area contributed by atoms with E-state index < -0.39 is 10.0 Å². The molecule has 4 bridgehead atoms. The van der Waals surface area contributed by atoms with E-state index in [1.807, 2.05) is 0 Å². The molecule has 2 N–H and O–H groups in total. The normalized spacial score (nSPS) is 36.5. The van der Waals surface area contributed by atoms with Crippen LogP contribution >= 0.6 is 11.3 Å². The number of sulfonamides is 1. The van der Waals surface area contributed by atoms with Gasteiger partial charge in [0.2, 0.25) is 5.91 Å². The Morgan fingerprint density at radius 1 is 1.14 bits per heavy atom. The highest BCUT2D eigenvalue weighted by Crippen LogP contribution is 2.60. The molecule has 1 aromatic rings. The largest absolute Gasteiger partial charge is 0.277 e. The van der Waals surface area contributed by atoms with E-state index in [-0.39, 0.29) is 15.5 Å². The van der Waals surface area contributed by atoms with Gasteiger partial charge < -0.3 is 0 Å². The fourth-order valence-electron chi connectivity index (χ4n) is 5.10. The van der Waals surface area contributed by atoms with E-state index in [0.717, 1.165) is 30.6 Å². The summed E-state index contributed by atoms with van der Waals surface area (Å²) in [6, 6.07) is 3.21. The first-order valence-electron chi connectivity index (χ1n) is 7.83. The van der Waals surface area contributed by atoms with Crippen LogP contribution in [0.25, 0.3) is 0 Å². The zero-order valence-electron chi connectivity index (χ0n) is 12.2. The molecule has 0 radical (unpaired) electrons. The third-order valence-electron chi connectivity index (χ3n) is 5.58. The predicted octanol–water partition coefficient (Wildman–Crippen LogP) is 2.27. The molecule has 1 aromatic heterocycles. The Labute approximate surface area is 134 Å². The van der Waals surface area contributed by atoms with Crippen LogP contribution in [0.3, 0.4) is 0 Å². The highest BCUT2D eigenvalue weighted by Gasteiger charge is 2.54. The molecule has 120 valence electrons. The van der Waals surface area contributed by atoms with E-state index in [2.05, 4.69) is 10.3 Å². The number of hydrogen-bond donors (Lipinski definition) is 2. The summed E-state index contributed by atoms with van der Waals surface area (Å²) in [5.41, 5.74) is 2.16. The molecule has 4 aliphatic carbocycles. The van der Waals surface area contributed by atoms with E-state index in [1.54, 1.807) is 11.4 Å². The molecule has 1 amide bonds. The number of thiophene rings is 1. The molecule has 4 saturated carbocycles. The molecule has 22 heavy (non-hydrogen) atoms. The summed E-state index contributed by atoms with van der Waals surface area (Å²) < 4.78 is 24.4. The minimum absolute atomic E-state index is 0.133. The van der Waals surface area contributed by atoms with Gasteiger partial charge in [0.05, 0.1) is 5.41 Å². The molecule has 4 fully saturated rings. The Kier molecular flexibility index (Phi) is 3.36. The maximum Gasteiger partial charge on any atom is 0.266 e. The molecule has 5 nitrogen and oxygen atoms in total. The highest BCUT2D eigenvalue weighted by atomic mass is 32.2. The quantitative estimate of drug-likeness (QED) is 0.826. The van der Waals surface area contributed by atoms with Gasteiger partial charge in [-0.25, -0.2) is 8.42 Å². The second-order valence-corrected chi connectivity index (χ2v) is 10.0. The van der Waals surface area contributed by atoms with Crippen molar-refractivity contribution in [2.24, 2.45) is 23.2 Å². The molecule has 0 aromatic carbocycles. The first-order valence-corrected chi connectivity index (χ1v) is 10.2. The number of carbonyl (C=O) groups is 1. The van der Waals surface area contributed by atoms with E-state index in [1.165, 1.54) is 25.3 Å². The third kappa shape index (κ3) is 2.39. The number of hydrazine groups is 1. The summed E-state index contributed by atoms with van der Waals surface area (Å²) in [5, 5.41) is 1.70. The Morgan fingerprint density at radius 2 is 1.73 bits per heavy atom. The summed E-state index contributed by atoms with van der Waals surface area (Å²) >= 11 is 1.14. The lowest BCUT2D eigenvalue weighted by atomic mass is 9.49. The summed E-state index contributed by atoms with van der Waals surface area (Å²) in [6.07, 6.45) is 6.54. The van der Waals surface area contributed by atoms with Crippen molar-refractivity contribution in [1.29, 1.82) is 0 Å². The van der Waals surface area contributed by atoms with Crippen molar-refractivity contribution in [3.05, 3.63) is 17.5 Å². The summed E-state index contributed by atoms with van der Waals surface area (Å²) in [7, 11) is -3.65. The molecule has 1 heterocycles. The second kappa shape index (κ2) is 5.04. The van der Waals surface area contributed by atoms with E-state index in [9.17, 15) is 13.2 Å². The van der Waals surface area contributed by atoms with Crippen LogP contribution in [0.15, 0.2) is 21.7 Å². The molecular formula is C15H20N2O3S2. The Balaban J connectivity index is 1.47.